The summed E-state index contributed by atoms with van der Waals surface area (Å²) in [5, 5.41) is 7.13. The summed E-state index contributed by atoms with van der Waals surface area (Å²) in [6.45, 7) is 5.97. The van der Waals surface area contributed by atoms with Crippen molar-refractivity contribution in [1.82, 2.24) is 9.78 Å². The molecule has 0 saturated heterocycles. The molecular formula is C16H19N3O2. The second kappa shape index (κ2) is 6.35. The maximum Gasteiger partial charge on any atom is 0.226 e. The van der Waals surface area contributed by atoms with Gasteiger partial charge in [0.15, 0.2) is 5.78 Å². The highest BCUT2D eigenvalue weighted by molar-refractivity contribution is 5.95. The molecule has 0 atom stereocenters. The lowest BCUT2D eigenvalue weighted by Gasteiger charge is -2.07. The summed E-state index contributed by atoms with van der Waals surface area (Å²) in [6.07, 6.45) is 0.358. The van der Waals surface area contributed by atoms with Crippen molar-refractivity contribution in [3.63, 3.8) is 0 Å². The average molecular weight is 285 g/mol. The minimum Gasteiger partial charge on any atom is -0.326 e. The molecule has 0 aliphatic rings. The van der Waals surface area contributed by atoms with Crippen LogP contribution in [0, 0.1) is 13.8 Å². The molecule has 0 bridgehead atoms. The molecule has 0 saturated carbocycles. The zero-order chi connectivity index (χ0) is 15.4. The van der Waals surface area contributed by atoms with E-state index in [1.165, 1.54) is 6.92 Å². The highest BCUT2D eigenvalue weighted by atomic mass is 16.1. The predicted molar refractivity (Wildman–Crippen MR) is 81.4 cm³/mol. The number of benzene rings is 1. The molecule has 2 rings (SSSR count). The van der Waals surface area contributed by atoms with Gasteiger partial charge in [0, 0.05) is 29.9 Å². The van der Waals surface area contributed by atoms with Crippen LogP contribution in [0.15, 0.2) is 30.3 Å². The van der Waals surface area contributed by atoms with E-state index >= 15 is 0 Å². The van der Waals surface area contributed by atoms with Gasteiger partial charge < -0.3 is 5.32 Å². The summed E-state index contributed by atoms with van der Waals surface area (Å²) >= 11 is 0. The highest BCUT2D eigenvalue weighted by Crippen LogP contribution is 2.11. The zero-order valence-electron chi connectivity index (χ0n) is 12.5. The zero-order valence-corrected chi connectivity index (χ0v) is 12.5. The molecule has 0 aliphatic carbocycles. The Kier molecular flexibility index (Phi) is 4.52. The predicted octanol–water partition coefficient (Wildman–Crippen LogP) is 2.73. The lowest BCUT2D eigenvalue weighted by molar-refractivity contribution is -0.116. The first kappa shape index (κ1) is 15.0. The Labute approximate surface area is 124 Å². The summed E-state index contributed by atoms with van der Waals surface area (Å²) in [5.74, 6) is -0.0597. The molecule has 1 amide bonds. The molecule has 0 radical (unpaired) electrons. The number of nitrogens with one attached hydrogen (secondary N) is 1. The van der Waals surface area contributed by atoms with Gasteiger partial charge in [0.1, 0.15) is 0 Å². The molecule has 1 aromatic carbocycles. The normalized spacial score (nSPS) is 10.4. The number of hydrogen-bond acceptors (Lipinski definition) is 3. The first-order valence-electron chi connectivity index (χ1n) is 6.87. The van der Waals surface area contributed by atoms with Crippen LogP contribution < -0.4 is 5.32 Å². The van der Waals surface area contributed by atoms with Gasteiger partial charge in [-0.2, -0.15) is 5.10 Å². The van der Waals surface area contributed by atoms with E-state index in [-0.39, 0.29) is 11.7 Å². The van der Waals surface area contributed by atoms with Crippen molar-refractivity contribution in [3.8, 4) is 0 Å². The maximum atomic E-state index is 11.9. The van der Waals surface area contributed by atoms with E-state index in [9.17, 15) is 9.59 Å². The number of nitrogens with zero attached hydrogens (tertiary/aromatic N) is 2. The average Bonchev–Trinajstić information content (AvgIpc) is 2.75. The van der Waals surface area contributed by atoms with Gasteiger partial charge in [0.05, 0.1) is 5.69 Å². The second-order valence-corrected chi connectivity index (χ2v) is 5.08. The van der Waals surface area contributed by atoms with E-state index < -0.39 is 0 Å². The standard InChI is InChI=1S/C16H19N3O2/c1-11-10-12(2)19(18-11)9-8-16(21)17-15-6-4-14(5-7-15)13(3)20/h4-7,10H,8-9H2,1-3H3,(H,17,21). The highest BCUT2D eigenvalue weighted by Gasteiger charge is 2.06. The Bertz CT molecular complexity index is 657. The third-order valence-corrected chi connectivity index (χ3v) is 3.23. The molecule has 0 spiro atoms. The third kappa shape index (κ3) is 4.02. The SMILES string of the molecule is CC(=O)c1ccc(NC(=O)CCn2nc(C)cc2C)cc1. The van der Waals surface area contributed by atoms with Gasteiger partial charge in [0.25, 0.3) is 0 Å². The summed E-state index contributed by atoms with van der Waals surface area (Å²) in [7, 11) is 0. The molecule has 110 valence electrons. The Morgan fingerprint density at radius 3 is 2.38 bits per heavy atom. The van der Waals surface area contributed by atoms with Gasteiger partial charge in [-0.05, 0) is 51.1 Å². The van der Waals surface area contributed by atoms with Crippen molar-refractivity contribution in [3.05, 3.63) is 47.3 Å². The van der Waals surface area contributed by atoms with Crippen molar-refractivity contribution in [2.24, 2.45) is 0 Å². The van der Waals surface area contributed by atoms with E-state index in [4.69, 9.17) is 0 Å². The molecule has 21 heavy (non-hydrogen) atoms. The van der Waals surface area contributed by atoms with Crippen LogP contribution in [0.1, 0.15) is 35.1 Å². The fourth-order valence-electron chi connectivity index (χ4n) is 2.12. The minimum absolute atomic E-state index is 0.0115. The smallest absolute Gasteiger partial charge is 0.226 e. The summed E-state index contributed by atoms with van der Waals surface area (Å²) in [6, 6.07) is 8.87. The van der Waals surface area contributed by atoms with E-state index in [1.807, 2.05) is 24.6 Å². The Hall–Kier alpha value is -2.43. The Morgan fingerprint density at radius 1 is 1.19 bits per heavy atom. The van der Waals surface area contributed by atoms with Gasteiger partial charge in [-0.3, -0.25) is 14.3 Å². The van der Waals surface area contributed by atoms with E-state index in [0.717, 1.165) is 11.4 Å². The number of amides is 1. The van der Waals surface area contributed by atoms with E-state index in [2.05, 4.69) is 10.4 Å². The number of Topliss-reactive ketones (excluding diaryl/α,β-unsaturated/α-hetero) is 1. The Morgan fingerprint density at radius 2 is 1.86 bits per heavy atom. The van der Waals surface area contributed by atoms with Crippen molar-refractivity contribution < 1.29 is 9.59 Å². The first-order valence-corrected chi connectivity index (χ1v) is 6.87. The molecule has 0 aliphatic heterocycles. The van der Waals surface area contributed by atoms with Gasteiger partial charge in [-0.15, -0.1) is 0 Å². The monoisotopic (exact) mass is 285 g/mol. The molecule has 1 aromatic heterocycles. The number of rotatable bonds is 5. The van der Waals surface area contributed by atoms with E-state index in [0.29, 0.717) is 24.2 Å². The number of anilines is 1. The minimum atomic E-state index is -0.0712. The van der Waals surface area contributed by atoms with Crippen LogP contribution in [0.2, 0.25) is 0 Å². The number of hydrogen-bond donors (Lipinski definition) is 1. The quantitative estimate of drug-likeness (QED) is 0.859. The summed E-state index contributed by atoms with van der Waals surface area (Å²) < 4.78 is 1.83. The van der Waals surface area contributed by atoms with Gasteiger partial charge in [0.2, 0.25) is 5.91 Å². The molecule has 0 fully saturated rings. The van der Waals surface area contributed by atoms with Crippen LogP contribution in [0.3, 0.4) is 0 Å². The van der Waals surface area contributed by atoms with Crippen LogP contribution in [-0.4, -0.2) is 21.5 Å². The van der Waals surface area contributed by atoms with Crippen LogP contribution >= 0.6 is 0 Å². The van der Waals surface area contributed by atoms with Crippen LogP contribution in [-0.2, 0) is 11.3 Å². The number of aryl methyl sites for hydroxylation is 3. The topological polar surface area (TPSA) is 64.0 Å². The largest absolute Gasteiger partial charge is 0.326 e. The molecule has 1 heterocycles. The van der Waals surface area contributed by atoms with Crippen LogP contribution in [0.25, 0.3) is 0 Å². The maximum absolute atomic E-state index is 11.9. The fraction of sp³-hybridized carbons (Fsp3) is 0.312. The fourth-order valence-corrected chi connectivity index (χ4v) is 2.12. The molecule has 2 aromatic rings. The second-order valence-electron chi connectivity index (χ2n) is 5.08. The van der Waals surface area contributed by atoms with Gasteiger partial charge in [-0.25, -0.2) is 0 Å². The Balaban J connectivity index is 1.89. The van der Waals surface area contributed by atoms with Crippen molar-refractivity contribution in [1.29, 1.82) is 0 Å². The summed E-state index contributed by atoms with van der Waals surface area (Å²) in [5.41, 5.74) is 3.33. The molecule has 5 nitrogen and oxygen atoms in total. The summed E-state index contributed by atoms with van der Waals surface area (Å²) in [4.78, 5) is 23.1. The van der Waals surface area contributed by atoms with Crippen molar-refractivity contribution in [2.75, 3.05) is 5.32 Å². The van der Waals surface area contributed by atoms with E-state index in [1.54, 1.807) is 24.3 Å². The lowest BCUT2D eigenvalue weighted by atomic mass is 10.1. The molecule has 0 unspecified atom stereocenters. The number of aromatic nitrogens is 2. The number of ketones is 1. The van der Waals surface area contributed by atoms with Crippen molar-refractivity contribution in [2.45, 2.75) is 33.7 Å². The number of carbonyl (C=O) groups excluding carboxylic acids is 2. The lowest BCUT2D eigenvalue weighted by Crippen LogP contribution is -2.15. The molecule has 1 N–H and O–H groups in total. The molecule has 5 heteroatoms. The van der Waals surface area contributed by atoms with Crippen LogP contribution in [0.4, 0.5) is 5.69 Å². The first-order chi connectivity index (χ1) is 9.95. The third-order valence-electron chi connectivity index (χ3n) is 3.23. The molecular weight excluding hydrogens is 266 g/mol. The van der Waals surface area contributed by atoms with Gasteiger partial charge >= 0.3 is 0 Å². The van der Waals surface area contributed by atoms with Gasteiger partial charge in [-0.1, -0.05) is 0 Å². The number of carbonyl (C=O) groups is 2. The van der Waals surface area contributed by atoms with Crippen LogP contribution in [0.5, 0.6) is 0 Å². The van der Waals surface area contributed by atoms with Crippen molar-refractivity contribution >= 4 is 17.4 Å².